The molecule has 8 heteroatoms. The Morgan fingerprint density at radius 3 is 2.41 bits per heavy atom. The van der Waals surface area contributed by atoms with E-state index in [4.69, 9.17) is 13.9 Å². The lowest BCUT2D eigenvalue weighted by Gasteiger charge is -2.25. The first kappa shape index (κ1) is 21.2. The largest absolute Gasteiger partial charge is 0.507 e. The normalized spacial score (nSPS) is 17.6. The fraction of sp³-hybridized carbons (Fsp3) is 0.167. The predicted octanol–water partition coefficient (Wildman–Crippen LogP) is 4.06. The van der Waals surface area contributed by atoms with Crippen LogP contribution in [0.1, 0.15) is 22.9 Å². The number of likely N-dealkylation sites (tertiary alicyclic amines) is 1. The summed E-state index contributed by atoms with van der Waals surface area (Å²) in [6.07, 6.45) is 1.47. The quantitative estimate of drug-likeness (QED) is 0.355. The van der Waals surface area contributed by atoms with Crippen molar-refractivity contribution >= 4 is 17.4 Å². The number of Topliss-reactive ketones (excluding diaryl/α,β-unsaturated/α-hetero) is 1. The molecule has 2 heterocycles. The average molecular weight is 437 g/mol. The Labute approximate surface area is 183 Å². The highest BCUT2D eigenvalue weighted by molar-refractivity contribution is 6.46. The number of hydrogen-bond donors (Lipinski definition) is 1. The Kier molecular flexibility index (Phi) is 5.68. The molecule has 0 saturated carbocycles. The van der Waals surface area contributed by atoms with Crippen LogP contribution in [0.3, 0.4) is 0 Å². The maximum atomic E-state index is 13.4. The number of carbonyl (C=O) groups excluding carboxylic acids is 2. The monoisotopic (exact) mass is 437 g/mol. The zero-order valence-electron chi connectivity index (χ0n) is 17.4. The summed E-state index contributed by atoms with van der Waals surface area (Å²) in [5.74, 6) is -1.18. The summed E-state index contributed by atoms with van der Waals surface area (Å²) in [4.78, 5) is 27.3. The molecule has 7 nitrogen and oxygen atoms in total. The van der Waals surface area contributed by atoms with Crippen molar-refractivity contribution in [1.82, 2.24) is 4.90 Å². The lowest BCUT2D eigenvalue weighted by Crippen LogP contribution is -2.29. The number of aliphatic hydroxyl groups excluding tert-OH is 1. The van der Waals surface area contributed by atoms with Crippen molar-refractivity contribution in [1.29, 1.82) is 0 Å². The highest BCUT2D eigenvalue weighted by atomic mass is 19.1. The average Bonchev–Trinajstić information content (AvgIpc) is 3.41. The van der Waals surface area contributed by atoms with Crippen LogP contribution in [0.25, 0.3) is 5.76 Å². The summed E-state index contributed by atoms with van der Waals surface area (Å²) in [6, 6.07) is 12.4. The molecule has 2 aromatic carbocycles. The number of aliphatic hydroxyl groups is 1. The summed E-state index contributed by atoms with van der Waals surface area (Å²) in [7, 11) is 2.97. The molecule has 1 amide bonds. The molecule has 1 aliphatic rings. The molecule has 1 aliphatic heterocycles. The van der Waals surface area contributed by atoms with Gasteiger partial charge in [0.25, 0.3) is 11.7 Å². The van der Waals surface area contributed by atoms with E-state index < -0.39 is 29.3 Å². The van der Waals surface area contributed by atoms with E-state index in [9.17, 15) is 19.1 Å². The van der Waals surface area contributed by atoms with Crippen molar-refractivity contribution in [2.75, 3.05) is 14.2 Å². The van der Waals surface area contributed by atoms with Crippen molar-refractivity contribution in [3.8, 4) is 11.5 Å². The molecule has 4 rings (SSSR count). The Bertz CT molecular complexity index is 1180. The van der Waals surface area contributed by atoms with Crippen LogP contribution in [0.2, 0.25) is 0 Å². The smallest absolute Gasteiger partial charge is 0.296 e. The second-order valence-electron chi connectivity index (χ2n) is 7.13. The van der Waals surface area contributed by atoms with Crippen LogP contribution in [-0.4, -0.2) is 35.9 Å². The number of ether oxygens (including phenoxy) is 2. The van der Waals surface area contributed by atoms with E-state index in [0.717, 1.165) is 0 Å². The lowest BCUT2D eigenvalue weighted by molar-refractivity contribution is -0.140. The Morgan fingerprint density at radius 2 is 1.78 bits per heavy atom. The minimum atomic E-state index is -0.926. The molecular formula is C24H20FNO6. The molecular weight excluding hydrogens is 417 g/mol. The highest BCUT2D eigenvalue weighted by Crippen LogP contribution is 2.42. The van der Waals surface area contributed by atoms with Gasteiger partial charge in [0.1, 0.15) is 17.3 Å². The maximum absolute atomic E-state index is 13.4. The first-order valence-corrected chi connectivity index (χ1v) is 9.73. The molecule has 0 radical (unpaired) electrons. The van der Waals surface area contributed by atoms with E-state index in [2.05, 4.69) is 0 Å². The Morgan fingerprint density at radius 1 is 1.06 bits per heavy atom. The van der Waals surface area contributed by atoms with E-state index in [1.54, 1.807) is 30.3 Å². The third-order valence-corrected chi connectivity index (χ3v) is 5.29. The van der Waals surface area contributed by atoms with Gasteiger partial charge in [-0.15, -0.1) is 0 Å². The first-order chi connectivity index (χ1) is 15.4. The molecule has 0 bridgehead atoms. The molecule has 1 N–H and O–H groups in total. The van der Waals surface area contributed by atoms with Crippen LogP contribution in [0, 0.1) is 5.82 Å². The van der Waals surface area contributed by atoms with Gasteiger partial charge >= 0.3 is 0 Å². The summed E-state index contributed by atoms with van der Waals surface area (Å²) < 4.78 is 29.4. The van der Waals surface area contributed by atoms with Gasteiger partial charge in [0.2, 0.25) is 0 Å². The lowest BCUT2D eigenvalue weighted by atomic mass is 9.95. The number of furan rings is 1. The van der Waals surface area contributed by atoms with Gasteiger partial charge in [0, 0.05) is 5.56 Å². The van der Waals surface area contributed by atoms with Crippen LogP contribution in [0.5, 0.6) is 11.5 Å². The second kappa shape index (κ2) is 8.58. The SMILES string of the molecule is COc1ccc(C2/C(=C(/O)c3ccc(F)cc3)C(=O)C(=O)N2Cc2ccco2)cc1OC. The van der Waals surface area contributed by atoms with Gasteiger partial charge in [-0.2, -0.15) is 0 Å². The van der Waals surface area contributed by atoms with Crippen LogP contribution in [0.15, 0.2) is 70.9 Å². The number of carbonyl (C=O) groups is 2. The summed E-state index contributed by atoms with van der Waals surface area (Å²) in [5.41, 5.74) is 0.630. The standard InChI is InChI=1S/C24H20FNO6/c1-30-18-10-7-15(12-19(18)31-2)21-20(22(27)14-5-8-16(25)9-6-14)23(28)24(29)26(21)13-17-4-3-11-32-17/h3-12,21,27H,13H2,1-2H3/b22-20-. The van der Waals surface area contributed by atoms with E-state index in [1.165, 1.54) is 49.6 Å². The van der Waals surface area contributed by atoms with Gasteiger partial charge in [-0.1, -0.05) is 6.07 Å². The zero-order valence-corrected chi connectivity index (χ0v) is 17.4. The maximum Gasteiger partial charge on any atom is 0.296 e. The third kappa shape index (κ3) is 3.71. The van der Waals surface area contributed by atoms with E-state index >= 15 is 0 Å². The van der Waals surface area contributed by atoms with Gasteiger partial charge in [-0.05, 0) is 54.1 Å². The number of nitrogens with zero attached hydrogens (tertiary/aromatic N) is 1. The topological polar surface area (TPSA) is 89.2 Å². The van der Waals surface area contributed by atoms with Crippen LogP contribution in [0.4, 0.5) is 4.39 Å². The van der Waals surface area contributed by atoms with Crippen LogP contribution in [-0.2, 0) is 16.1 Å². The first-order valence-electron chi connectivity index (χ1n) is 9.73. The van der Waals surface area contributed by atoms with Gasteiger partial charge in [0.15, 0.2) is 11.5 Å². The van der Waals surface area contributed by atoms with E-state index in [0.29, 0.717) is 22.8 Å². The van der Waals surface area contributed by atoms with Gasteiger partial charge < -0.3 is 23.9 Å². The molecule has 3 aromatic rings. The fourth-order valence-electron chi connectivity index (χ4n) is 3.75. The zero-order chi connectivity index (χ0) is 22.8. The summed E-state index contributed by atoms with van der Waals surface area (Å²) in [5, 5.41) is 11.0. The van der Waals surface area contributed by atoms with E-state index in [-0.39, 0.29) is 17.7 Å². The number of hydrogen-bond acceptors (Lipinski definition) is 6. The van der Waals surface area contributed by atoms with Crippen molar-refractivity contribution in [2.24, 2.45) is 0 Å². The third-order valence-electron chi connectivity index (χ3n) is 5.29. The molecule has 1 saturated heterocycles. The Balaban J connectivity index is 1.89. The van der Waals surface area contributed by atoms with Crippen LogP contribution >= 0.6 is 0 Å². The predicted molar refractivity (Wildman–Crippen MR) is 113 cm³/mol. The fourth-order valence-corrected chi connectivity index (χ4v) is 3.75. The molecule has 32 heavy (non-hydrogen) atoms. The van der Waals surface area contributed by atoms with Gasteiger partial charge in [0.05, 0.1) is 38.6 Å². The molecule has 1 atom stereocenters. The number of ketones is 1. The molecule has 0 spiro atoms. The van der Waals surface area contributed by atoms with Crippen molar-refractivity contribution < 1.29 is 33.0 Å². The number of amides is 1. The minimum absolute atomic E-state index is 0.0107. The molecule has 1 aromatic heterocycles. The molecule has 1 unspecified atom stereocenters. The molecule has 0 aliphatic carbocycles. The van der Waals surface area contributed by atoms with Crippen molar-refractivity contribution in [3.63, 3.8) is 0 Å². The van der Waals surface area contributed by atoms with Gasteiger partial charge in [-0.3, -0.25) is 9.59 Å². The summed E-state index contributed by atoms with van der Waals surface area (Å²) in [6.45, 7) is 0.0107. The summed E-state index contributed by atoms with van der Waals surface area (Å²) >= 11 is 0. The van der Waals surface area contributed by atoms with Crippen molar-refractivity contribution in [2.45, 2.75) is 12.6 Å². The number of methoxy groups -OCH3 is 2. The van der Waals surface area contributed by atoms with E-state index in [1.807, 2.05) is 0 Å². The second-order valence-corrected chi connectivity index (χ2v) is 7.13. The minimum Gasteiger partial charge on any atom is -0.507 e. The number of rotatable bonds is 6. The number of halogens is 1. The molecule has 164 valence electrons. The van der Waals surface area contributed by atoms with Gasteiger partial charge in [-0.25, -0.2) is 4.39 Å². The number of benzene rings is 2. The van der Waals surface area contributed by atoms with Crippen molar-refractivity contribution in [3.05, 3.63) is 89.1 Å². The highest BCUT2D eigenvalue weighted by Gasteiger charge is 2.46. The van der Waals surface area contributed by atoms with Crippen LogP contribution < -0.4 is 9.47 Å². The molecule has 1 fully saturated rings. The Hall–Kier alpha value is -4.07.